The van der Waals surface area contributed by atoms with Crippen LogP contribution in [0.5, 0.6) is 0 Å². The lowest BCUT2D eigenvalue weighted by Gasteiger charge is -2.24. The van der Waals surface area contributed by atoms with Gasteiger partial charge in [0.05, 0.1) is 5.56 Å². The third-order valence-corrected chi connectivity index (χ3v) is 2.69. The number of halogens is 3. The Morgan fingerprint density at radius 3 is 2.17 bits per heavy atom. The number of anilines is 1. The molecule has 0 aromatic heterocycles. The van der Waals surface area contributed by atoms with E-state index in [2.05, 4.69) is 4.90 Å². The summed E-state index contributed by atoms with van der Waals surface area (Å²) >= 11 is 0. The van der Waals surface area contributed by atoms with E-state index in [1.54, 1.807) is 0 Å². The molecular weight excluding hydrogens is 241 g/mol. The minimum Gasteiger partial charge on any atom is -0.371 e. The normalized spacial score (nSPS) is 11.6. The minimum atomic E-state index is -4.27. The Balaban J connectivity index is 2.79. The van der Waals surface area contributed by atoms with Crippen LogP contribution in [0.2, 0.25) is 0 Å². The third kappa shape index (κ3) is 4.22. The second-order valence-corrected chi connectivity index (χ2v) is 4.17. The molecule has 0 spiro atoms. The SMILES string of the molecule is CCCN(CCCN)c1ccc(C(F)(F)F)cc1. The van der Waals surface area contributed by atoms with Crippen LogP contribution in [0, 0.1) is 0 Å². The molecule has 102 valence electrons. The fourth-order valence-electron chi connectivity index (χ4n) is 1.78. The molecular formula is C13H19F3N2. The highest BCUT2D eigenvalue weighted by Crippen LogP contribution is 2.30. The van der Waals surface area contributed by atoms with Gasteiger partial charge in [0.25, 0.3) is 0 Å². The van der Waals surface area contributed by atoms with Crippen LogP contribution in [0.4, 0.5) is 18.9 Å². The summed E-state index contributed by atoms with van der Waals surface area (Å²) in [6.45, 7) is 4.22. The smallest absolute Gasteiger partial charge is 0.371 e. The van der Waals surface area contributed by atoms with E-state index in [0.29, 0.717) is 6.54 Å². The topological polar surface area (TPSA) is 29.3 Å². The Morgan fingerprint density at radius 2 is 1.72 bits per heavy atom. The molecule has 0 amide bonds. The maximum atomic E-state index is 12.4. The highest BCUT2D eigenvalue weighted by atomic mass is 19.4. The molecule has 1 rings (SSSR count). The van der Waals surface area contributed by atoms with Crippen LogP contribution in [0.25, 0.3) is 0 Å². The summed E-state index contributed by atoms with van der Waals surface area (Å²) in [6, 6.07) is 5.30. The zero-order valence-electron chi connectivity index (χ0n) is 10.5. The van der Waals surface area contributed by atoms with Crippen molar-refractivity contribution in [3.05, 3.63) is 29.8 Å². The van der Waals surface area contributed by atoms with Gasteiger partial charge in [-0.15, -0.1) is 0 Å². The summed E-state index contributed by atoms with van der Waals surface area (Å²) in [4.78, 5) is 2.06. The number of nitrogens with zero attached hydrogens (tertiary/aromatic N) is 1. The van der Waals surface area contributed by atoms with E-state index in [1.807, 2.05) is 6.92 Å². The molecule has 0 radical (unpaired) electrons. The number of hydrogen-bond acceptors (Lipinski definition) is 2. The Bertz CT molecular complexity index is 346. The van der Waals surface area contributed by atoms with E-state index < -0.39 is 11.7 Å². The van der Waals surface area contributed by atoms with Gasteiger partial charge in [-0.2, -0.15) is 13.2 Å². The number of nitrogens with two attached hydrogens (primary N) is 1. The molecule has 2 N–H and O–H groups in total. The first kappa shape index (κ1) is 14.8. The van der Waals surface area contributed by atoms with E-state index in [9.17, 15) is 13.2 Å². The van der Waals surface area contributed by atoms with Gasteiger partial charge < -0.3 is 10.6 Å². The molecule has 1 aromatic carbocycles. The fraction of sp³-hybridized carbons (Fsp3) is 0.538. The molecule has 0 saturated heterocycles. The number of rotatable bonds is 6. The quantitative estimate of drug-likeness (QED) is 0.850. The largest absolute Gasteiger partial charge is 0.416 e. The first-order valence-corrected chi connectivity index (χ1v) is 6.11. The molecule has 0 unspecified atom stereocenters. The van der Waals surface area contributed by atoms with Gasteiger partial charge in [0.15, 0.2) is 0 Å². The molecule has 0 bridgehead atoms. The first-order chi connectivity index (χ1) is 8.49. The molecule has 0 heterocycles. The second kappa shape index (κ2) is 6.64. The second-order valence-electron chi connectivity index (χ2n) is 4.17. The van der Waals surface area contributed by atoms with Gasteiger partial charge in [0.2, 0.25) is 0 Å². The van der Waals surface area contributed by atoms with Crippen molar-refractivity contribution < 1.29 is 13.2 Å². The molecule has 5 heteroatoms. The zero-order chi connectivity index (χ0) is 13.6. The molecule has 0 fully saturated rings. The molecule has 0 aliphatic heterocycles. The summed E-state index contributed by atoms with van der Waals surface area (Å²) in [6.07, 6.45) is -2.49. The van der Waals surface area contributed by atoms with Crippen molar-refractivity contribution in [3.8, 4) is 0 Å². The van der Waals surface area contributed by atoms with Gasteiger partial charge in [0, 0.05) is 18.8 Å². The zero-order valence-corrected chi connectivity index (χ0v) is 10.5. The predicted octanol–water partition coefficient (Wildman–Crippen LogP) is 3.27. The molecule has 2 nitrogen and oxygen atoms in total. The summed E-state index contributed by atoms with van der Waals surface area (Å²) in [5, 5.41) is 0. The van der Waals surface area contributed by atoms with Crippen molar-refractivity contribution in [2.24, 2.45) is 5.73 Å². The molecule has 0 atom stereocenters. The lowest BCUT2D eigenvalue weighted by Crippen LogP contribution is -2.26. The van der Waals surface area contributed by atoms with Crippen LogP contribution >= 0.6 is 0 Å². The molecule has 1 aromatic rings. The van der Waals surface area contributed by atoms with Gasteiger partial charge in [0.1, 0.15) is 0 Å². The minimum absolute atomic E-state index is 0.584. The Hall–Kier alpha value is -1.23. The predicted molar refractivity (Wildman–Crippen MR) is 67.6 cm³/mol. The van der Waals surface area contributed by atoms with Crippen molar-refractivity contribution in [3.63, 3.8) is 0 Å². The van der Waals surface area contributed by atoms with Crippen LogP contribution in [-0.4, -0.2) is 19.6 Å². The Labute approximate surface area is 106 Å². The molecule has 18 heavy (non-hydrogen) atoms. The third-order valence-electron chi connectivity index (χ3n) is 2.69. The molecule has 0 aliphatic carbocycles. The van der Waals surface area contributed by atoms with E-state index in [-0.39, 0.29) is 0 Å². The van der Waals surface area contributed by atoms with Gasteiger partial charge in [-0.25, -0.2) is 0 Å². The van der Waals surface area contributed by atoms with Crippen LogP contribution in [0.1, 0.15) is 25.3 Å². The summed E-state index contributed by atoms with van der Waals surface area (Å²) < 4.78 is 37.3. The van der Waals surface area contributed by atoms with Crippen LogP contribution in [0.3, 0.4) is 0 Å². The van der Waals surface area contributed by atoms with E-state index in [4.69, 9.17) is 5.73 Å². The van der Waals surface area contributed by atoms with Crippen molar-refractivity contribution in [2.45, 2.75) is 25.9 Å². The summed E-state index contributed by atoms with van der Waals surface area (Å²) in [5.74, 6) is 0. The maximum Gasteiger partial charge on any atom is 0.416 e. The van der Waals surface area contributed by atoms with E-state index in [0.717, 1.165) is 43.8 Å². The molecule has 0 aliphatic rings. The van der Waals surface area contributed by atoms with Gasteiger partial charge >= 0.3 is 6.18 Å². The van der Waals surface area contributed by atoms with Crippen molar-refractivity contribution in [2.75, 3.05) is 24.5 Å². The number of alkyl halides is 3. The van der Waals surface area contributed by atoms with Gasteiger partial charge in [-0.1, -0.05) is 6.92 Å². The monoisotopic (exact) mass is 260 g/mol. The highest BCUT2D eigenvalue weighted by molar-refractivity contribution is 5.48. The first-order valence-electron chi connectivity index (χ1n) is 6.11. The van der Waals surface area contributed by atoms with E-state index in [1.165, 1.54) is 12.1 Å². The van der Waals surface area contributed by atoms with Crippen LogP contribution in [-0.2, 0) is 6.18 Å². The van der Waals surface area contributed by atoms with Crippen LogP contribution < -0.4 is 10.6 Å². The van der Waals surface area contributed by atoms with Gasteiger partial charge in [-0.05, 0) is 43.7 Å². The maximum absolute atomic E-state index is 12.4. The van der Waals surface area contributed by atoms with Crippen molar-refractivity contribution in [1.82, 2.24) is 0 Å². The fourth-order valence-corrected chi connectivity index (χ4v) is 1.78. The average Bonchev–Trinajstić information content (AvgIpc) is 2.33. The highest BCUT2D eigenvalue weighted by Gasteiger charge is 2.30. The average molecular weight is 260 g/mol. The number of benzene rings is 1. The van der Waals surface area contributed by atoms with Crippen LogP contribution in [0.15, 0.2) is 24.3 Å². The lowest BCUT2D eigenvalue weighted by molar-refractivity contribution is -0.137. The van der Waals surface area contributed by atoms with E-state index >= 15 is 0 Å². The Morgan fingerprint density at radius 1 is 1.11 bits per heavy atom. The summed E-state index contributed by atoms with van der Waals surface area (Å²) in [7, 11) is 0. The standard InChI is InChI=1S/C13H19F3N2/c1-2-9-18(10-3-8-17)12-6-4-11(5-7-12)13(14,15)16/h4-7H,2-3,8-10,17H2,1H3. The summed E-state index contributed by atoms with van der Waals surface area (Å²) in [5.41, 5.74) is 5.66. The number of hydrogen-bond donors (Lipinski definition) is 1. The van der Waals surface area contributed by atoms with Crippen molar-refractivity contribution in [1.29, 1.82) is 0 Å². The van der Waals surface area contributed by atoms with Crippen molar-refractivity contribution >= 4 is 5.69 Å². The molecule has 0 saturated carbocycles. The Kier molecular flexibility index (Phi) is 5.47. The lowest BCUT2D eigenvalue weighted by atomic mass is 10.2. The van der Waals surface area contributed by atoms with Gasteiger partial charge in [-0.3, -0.25) is 0 Å².